The number of likely N-dealkylation sites (tertiary alicyclic amines) is 1. The maximum absolute atomic E-state index is 11.0. The Morgan fingerprint density at radius 3 is 2.75 bits per heavy atom. The van der Waals surface area contributed by atoms with Crippen LogP contribution in [-0.2, 0) is 0 Å². The maximum atomic E-state index is 11.0. The number of fused-ring (bicyclic) bond motifs is 1. The molecule has 0 bridgehead atoms. The standard InChI is InChI=1S/C9H14ClNO/c10-9(12)11-6-5-7-3-1-2-4-8(7)11/h7-8H,1-6H2. The Bertz CT molecular complexity index is 195. The Hall–Kier alpha value is -0.240. The Morgan fingerprint density at radius 1 is 1.25 bits per heavy atom. The molecule has 12 heavy (non-hydrogen) atoms. The van der Waals surface area contributed by atoms with Gasteiger partial charge in [-0.1, -0.05) is 12.8 Å². The average Bonchev–Trinajstić information content (AvgIpc) is 2.47. The summed E-state index contributed by atoms with van der Waals surface area (Å²) in [6.45, 7) is 0.887. The zero-order chi connectivity index (χ0) is 8.55. The van der Waals surface area contributed by atoms with Crippen LogP contribution in [0.5, 0.6) is 0 Å². The fourth-order valence-electron chi connectivity index (χ4n) is 2.62. The molecule has 68 valence electrons. The van der Waals surface area contributed by atoms with Crippen LogP contribution in [-0.4, -0.2) is 22.9 Å². The number of rotatable bonds is 0. The molecule has 0 aromatic heterocycles. The van der Waals surface area contributed by atoms with E-state index in [0.29, 0.717) is 6.04 Å². The van der Waals surface area contributed by atoms with E-state index in [-0.39, 0.29) is 5.37 Å². The first kappa shape index (κ1) is 8.36. The summed E-state index contributed by atoms with van der Waals surface area (Å²) in [4.78, 5) is 12.8. The van der Waals surface area contributed by atoms with Gasteiger partial charge in [0, 0.05) is 12.6 Å². The van der Waals surface area contributed by atoms with Crippen LogP contribution in [0.1, 0.15) is 32.1 Å². The first-order valence-corrected chi connectivity index (χ1v) is 5.13. The summed E-state index contributed by atoms with van der Waals surface area (Å²) in [5, 5.41) is -0.246. The topological polar surface area (TPSA) is 20.3 Å². The lowest BCUT2D eigenvalue weighted by Gasteiger charge is -2.30. The van der Waals surface area contributed by atoms with E-state index in [1.165, 1.54) is 32.1 Å². The van der Waals surface area contributed by atoms with Crippen molar-refractivity contribution < 1.29 is 4.79 Å². The van der Waals surface area contributed by atoms with Crippen molar-refractivity contribution in [1.82, 2.24) is 4.90 Å². The third kappa shape index (κ3) is 1.33. The SMILES string of the molecule is O=C(Cl)N1CCC2CCCCC21. The number of carbonyl (C=O) groups excluding carboxylic acids is 1. The van der Waals surface area contributed by atoms with Crippen molar-refractivity contribution in [3.63, 3.8) is 0 Å². The van der Waals surface area contributed by atoms with Gasteiger partial charge in [0.25, 0.3) is 0 Å². The zero-order valence-electron chi connectivity index (χ0n) is 7.13. The Balaban J connectivity index is 2.05. The first-order chi connectivity index (χ1) is 5.79. The molecule has 2 unspecified atom stereocenters. The summed E-state index contributed by atoms with van der Waals surface area (Å²) < 4.78 is 0. The van der Waals surface area contributed by atoms with Gasteiger partial charge in [0.2, 0.25) is 0 Å². The lowest BCUT2D eigenvalue weighted by Crippen LogP contribution is -2.36. The van der Waals surface area contributed by atoms with Crippen molar-refractivity contribution in [1.29, 1.82) is 0 Å². The Kier molecular flexibility index (Phi) is 2.26. The van der Waals surface area contributed by atoms with Gasteiger partial charge in [0.1, 0.15) is 0 Å². The van der Waals surface area contributed by atoms with Gasteiger partial charge >= 0.3 is 5.37 Å². The third-order valence-electron chi connectivity index (χ3n) is 3.24. The van der Waals surface area contributed by atoms with Gasteiger partial charge in [-0.05, 0) is 36.8 Å². The van der Waals surface area contributed by atoms with Gasteiger partial charge in [-0.3, -0.25) is 4.79 Å². The van der Waals surface area contributed by atoms with E-state index >= 15 is 0 Å². The molecule has 1 aliphatic heterocycles. The molecule has 0 radical (unpaired) electrons. The molecule has 2 nitrogen and oxygen atoms in total. The summed E-state index contributed by atoms with van der Waals surface area (Å²) in [6.07, 6.45) is 6.24. The predicted molar refractivity (Wildman–Crippen MR) is 48.3 cm³/mol. The van der Waals surface area contributed by atoms with E-state index in [1.54, 1.807) is 0 Å². The number of halogens is 1. The molecular formula is C9H14ClNO. The molecule has 0 spiro atoms. The monoisotopic (exact) mass is 187 g/mol. The summed E-state index contributed by atoms with van der Waals surface area (Å²) >= 11 is 5.49. The van der Waals surface area contributed by atoms with Crippen molar-refractivity contribution in [2.24, 2.45) is 5.92 Å². The second-order valence-electron chi connectivity index (χ2n) is 3.85. The molecule has 1 saturated carbocycles. The summed E-state index contributed by atoms with van der Waals surface area (Å²) in [6, 6.07) is 0.476. The highest BCUT2D eigenvalue weighted by molar-refractivity contribution is 6.62. The van der Waals surface area contributed by atoms with Crippen molar-refractivity contribution >= 4 is 17.0 Å². The molecule has 0 aromatic rings. The Morgan fingerprint density at radius 2 is 2.00 bits per heavy atom. The van der Waals surface area contributed by atoms with Crippen LogP contribution >= 0.6 is 11.6 Å². The van der Waals surface area contributed by atoms with Gasteiger partial charge in [0.05, 0.1) is 0 Å². The first-order valence-electron chi connectivity index (χ1n) is 4.75. The molecule has 3 heteroatoms. The van der Waals surface area contributed by atoms with Crippen molar-refractivity contribution in [3.05, 3.63) is 0 Å². The van der Waals surface area contributed by atoms with Crippen molar-refractivity contribution in [2.45, 2.75) is 38.1 Å². The van der Waals surface area contributed by atoms with E-state index < -0.39 is 0 Å². The van der Waals surface area contributed by atoms with E-state index in [1.807, 2.05) is 4.90 Å². The molecule has 1 saturated heterocycles. The second-order valence-corrected chi connectivity index (χ2v) is 4.17. The molecule has 2 fully saturated rings. The van der Waals surface area contributed by atoms with Gasteiger partial charge in [-0.15, -0.1) is 0 Å². The summed E-state index contributed by atoms with van der Waals surface area (Å²) in [5.74, 6) is 0.751. The molecule has 0 N–H and O–H groups in total. The number of amides is 1. The van der Waals surface area contributed by atoms with Crippen LogP contribution in [0, 0.1) is 5.92 Å². The third-order valence-corrected chi connectivity index (χ3v) is 3.45. The van der Waals surface area contributed by atoms with Crippen LogP contribution in [0.15, 0.2) is 0 Å². The van der Waals surface area contributed by atoms with Crippen LogP contribution in [0.4, 0.5) is 4.79 Å². The lowest BCUT2D eigenvalue weighted by molar-refractivity contribution is 0.190. The fraction of sp³-hybridized carbons (Fsp3) is 0.889. The van der Waals surface area contributed by atoms with Crippen LogP contribution < -0.4 is 0 Å². The highest BCUT2D eigenvalue weighted by Crippen LogP contribution is 2.36. The lowest BCUT2D eigenvalue weighted by atomic mass is 9.85. The number of hydrogen-bond acceptors (Lipinski definition) is 1. The number of nitrogens with zero attached hydrogens (tertiary/aromatic N) is 1. The van der Waals surface area contributed by atoms with Gasteiger partial charge in [-0.25, -0.2) is 0 Å². The number of hydrogen-bond donors (Lipinski definition) is 0. The van der Waals surface area contributed by atoms with Crippen molar-refractivity contribution in [3.8, 4) is 0 Å². The molecule has 1 heterocycles. The van der Waals surface area contributed by atoms with Gasteiger partial charge < -0.3 is 4.90 Å². The van der Waals surface area contributed by atoms with E-state index in [4.69, 9.17) is 11.6 Å². The minimum atomic E-state index is -0.246. The largest absolute Gasteiger partial charge is 0.326 e. The average molecular weight is 188 g/mol. The Labute approximate surface area is 77.9 Å². The predicted octanol–water partition coefficient (Wildman–Crippen LogP) is 2.61. The molecule has 0 aromatic carbocycles. The van der Waals surface area contributed by atoms with E-state index in [0.717, 1.165) is 12.5 Å². The normalized spacial score (nSPS) is 34.9. The highest BCUT2D eigenvalue weighted by Gasteiger charge is 2.37. The molecular weight excluding hydrogens is 174 g/mol. The van der Waals surface area contributed by atoms with Gasteiger partial charge in [0.15, 0.2) is 0 Å². The highest BCUT2D eigenvalue weighted by atomic mass is 35.5. The fourth-order valence-corrected chi connectivity index (χ4v) is 2.83. The zero-order valence-corrected chi connectivity index (χ0v) is 7.89. The molecule has 1 amide bonds. The van der Waals surface area contributed by atoms with Gasteiger partial charge in [-0.2, -0.15) is 0 Å². The minimum absolute atomic E-state index is 0.246. The number of carbonyl (C=O) groups is 1. The van der Waals surface area contributed by atoms with E-state index in [9.17, 15) is 4.79 Å². The minimum Gasteiger partial charge on any atom is -0.326 e. The van der Waals surface area contributed by atoms with Crippen LogP contribution in [0.2, 0.25) is 0 Å². The maximum Gasteiger partial charge on any atom is 0.316 e. The molecule has 2 atom stereocenters. The summed E-state index contributed by atoms with van der Waals surface area (Å²) in [5.41, 5.74) is 0. The van der Waals surface area contributed by atoms with Crippen LogP contribution in [0.3, 0.4) is 0 Å². The smallest absolute Gasteiger partial charge is 0.316 e. The summed E-state index contributed by atoms with van der Waals surface area (Å²) in [7, 11) is 0. The molecule has 2 rings (SSSR count). The van der Waals surface area contributed by atoms with E-state index in [2.05, 4.69) is 0 Å². The quantitative estimate of drug-likeness (QED) is 0.422. The molecule has 1 aliphatic carbocycles. The molecule has 2 aliphatic rings. The van der Waals surface area contributed by atoms with Crippen molar-refractivity contribution in [2.75, 3.05) is 6.54 Å². The van der Waals surface area contributed by atoms with Crippen LogP contribution in [0.25, 0.3) is 0 Å². The second kappa shape index (κ2) is 3.25.